The Hall–Kier alpha value is -1.55. The molecule has 0 aliphatic carbocycles. The minimum absolute atomic E-state index is 0.264. The van der Waals surface area contributed by atoms with Crippen LogP contribution in [0.2, 0.25) is 0 Å². The van der Waals surface area contributed by atoms with E-state index in [1.54, 1.807) is 0 Å². The standard InChI is InChI=1S/C15H22N2O2/c1-12-5-4-6-13(11-12)19-10-8-15(14(16)18)7-2-3-9-17-15/h4-6,11,17H,2-3,7-10H2,1H3,(H2,16,18). The number of hydrogen-bond donors (Lipinski definition) is 2. The fraction of sp³-hybridized carbons (Fsp3) is 0.533. The molecule has 0 aromatic heterocycles. The van der Waals surface area contributed by atoms with Crippen molar-refractivity contribution in [3.8, 4) is 5.75 Å². The van der Waals surface area contributed by atoms with Crippen LogP contribution in [0, 0.1) is 6.92 Å². The number of primary amides is 1. The van der Waals surface area contributed by atoms with Crippen molar-refractivity contribution >= 4 is 5.91 Å². The predicted molar refractivity (Wildman–Crippen MR) is 75.1 cm³/mol. The van der Waals surface area contributed by atoms with Crippen molar-refractivity contribution < 1.29 is 9.53 Å². The lowest BCUT2D eigenvalue weighted by Gasteiger charge is -2.35. The number of benzene rings is 1. The maximum atomic E-state index is 11.7. The minimum Gasteiger partial charge on any atom is -0.494 e. The first-order valence-corrected chi connectivity index (χ1v) is 6.87. The summed E-state index contributed by atoms with van der Waals surface area (Å²) in [6, 6.07) is 7.91. The molecule has 1 aromatic carbocycles. The van der Waals surface area contributed by atoms with Gasteiger partial charge in [0.2, 0.25) is 5.91 Å². The Balaban J connectivity index is 1.91. The number of aryl methyl sites for hydroxylation is 1. The summed E-state index contributed by atoms with van der Waals surface area (Å²) in [6.07, 6.45) is 3.57. The van der Waals surface area contributed by atoms with Crippen molar-refractivity contribution in [2.24, 2.45) is 5.73 Å². The van der Waals surface area contributed by atoms with Crippen LogP contribution in [0.4, 0.5) is 0 Å². The van der Waals surface area contributed by atoms with Crippen LogP contribution < -0.4 is 15.8 Å². The van der Waals surface area contributed by atoms with E-state index in [-0.39, 0.29) is 5.91 Å². The quantitative estimate of drug-likeness (QED) is 0.850. The summed E-state index contributed by atoms with van der Waals surface area (Å²) in [5.41, 5.74) is 6.13. The zero-order valence-corrected chi connectivity index (χ0v) is 11.4. The molecule has 2 rings (SSSR count). The molecule has 1 aliphatic rings. The van der Waals surface area contributed by atoms with E-state index in [9.17, 15) is 4.79 Å². The molecule has 1 unspecified atom stereocenters. The average Bonchev–Trinajstić information content (AvgIpc) is 2.40. The van der Waals surface area contributed by atoms with Crippen molar-refractivity contribution in [1.29, 1.82) is 0 Å². The number of piperidine rings is 1. The highest BCUT2D eigenvalue weighted by molar-refractivity contribution is 5.84. The van der Waals surface area contributed by atoms with Crippen LogP contribution >= 0.6 is 0 Å². The second kappa shape index (κ2) is 6.06. The van der Waals surface area contributed by atoms with E-state index < -0.39 is 5.54 Å². The molecule has 0 radical (unpaired) electrons. The summed E-state index contributed by atoms with van der Waals surface area (Å²) in [5.74, 6) is 0.579. The van der Waals surface area contributed by atoms with Crippen molar-refractivity contribution in [2.75, 3.05) is 13.2 Å². The molecule has 0 bridgehead atoms. The number of nitrogens with one attached hydrogen (secondary N) is 1. The lowest BCUT2D eigenvalue weighted by Crippen LogP contribution is -2.58. The number of carbonyl (C=O) groups is 1. The van der Waals surface area contributed by atoms with Crippen LogP contribution in [0.5, 0.6) is 5.75 Å². The third-order valence-corrected chi connectivity index (χ3v) is 3.75. The van der Waals surface area contributed by atoms with E-state index in [0.29, 0.717) is 13.0 Å². The predicted octanol–water partition coefficient (Wildman–Crippen LogP) is 1.76. The number of carbonyl (C=O) groups excluding carboxylic acids is 1. The highest BCUT2D eigenvalue weighted by Gasteiger charge is 2.37. The number of rotatable bonds is 5. The molecule has 3 N–H and O–H groups in total. The Morgan fingerprint density at radius 2 is 2.32 bits per heavy atom. The molecule has 1 saturated heterocycles. The first-order valence-electron chi connectivity index (χ1n) is 6.87. The summed E-state index contributed by atoms with van der Waals surface area (Å²) < 4.78 is 5.72. The molecule has 1 atom stereocenters. The molecule has 4 heteroatoms. The third-order valence-electron chi connectivity index (χ3n) is 3.75. The van der Waals surface area contributed by atoms with Gasteiger partial charge >= 0.3 is 0 Å². The summed E-state index contributed by atoms with van der Waals surface area (Å²) in [4.78, 5) is 11.7. The van der Waals surface area contributed by atoms with Crippen molar-refractivity contribution in [2.45, 2.75) is 38.1 Å². The molecule has 4 nitrogen and oxygen atoms in total. The summed E-state index contributed by atoms with van der Waals surface area (Å²) in [6.45, 7) is 3.38. The lowest BCUT2D eigenvalue weighted by molar-refractivity contribution is -0.126. The Kier molecular flexibility index (Phi) is 4.43. The number of hydrogen-bond acceptors (Lipinski definition) is 3. The van der Waals surface area contributed by atoms with E-state index >= 15 is 0 Å². The normalized spacial score (nSPS) is 23.0. The second-order valence-electron chi connectivity index (χ2n) is 5.25. The van der Waals surface area contributed by atoms with Gasteiger partial charge in [0.25, 0.3) is 0 Å². The van der Waals surface area contributed by atoms with Gasteiger partial charge in [-0.05, 0) is 50.4 Å². The molecule has 0 spiro atoms. The summed E-state index contributed by atoms with van der Waals surface area (Å²) in [5, 5.41) is 3.28. The average molecular weight is 262 g/mol. The van der Waals surface area contributed by atoms with Crippen LogP contribution in [0.1, 0.15) is 31.2 Å². The molecular weight excluding hydrogens is 240 g/mol. The Bertz CT molecular complexity index is 440. The molecule has 1 heterocycles. The summed E-state index contributed by atoms with van der Waals surface area (Å²) in [7, 11) is 0. The van der Waals surface area contributed by atoms with Crippen LogP contribution in [0.15, 0.2) is 24.3 Å². The van der Waals surface area contributed by atoms with Crippen LogP contribution in [-0.4, -0.2) is 24.6 Å². The number of ether oxygens (including phenoxy) is 1. The zero-order chi connectivity index (χ0) is 13.7. The fourth-order valence-corrected chi connectivity index (χ4v) is 2.56. The van der Waals surface area contributed by atoms with Crippen molar-refractivity contribution in [3.63, 3.8) is 0 Å². The highest BCUT2D eigenvalue weighted by atomic mass is 16.5. The first-order chi connectivity index (χ1) is 9.12. The van der Waals surface area contributed by atoms with Crippen molar-refractivity contribution in [1.82, 2.24) is 5.32 Å². The maximum Gasteiger partial charge on any atom is 0.237 e. The minimum atomic E-state index is -0.581. The zero-order valence-electron chi connectivity index (χ0n) is 11.4. The van der Waals surface area contributed by atoms with Gasteiger partial charge in [0, 0.05) is 6.42 Å². The Labute approximate surface area is 114 Å². The Morgan fingerprint density at radius 3 is 2.95 bits per heavy atom. The van der Waals surface area contributed by atoms with Gasteiger partial charge in [0.1, 0.15) is 11.3 Å². The largest absolute Gasteiger partial charge is 0.494 e. The molecule has 104 valence electrons. The van der Waals surface area contributed by atoms with Crippen LogP contribution in [0.3, 0.4) is 0 Å². The van der Waals surface area contributed by atoms with Gasteiger partial charge in [-0.2, -0.15) is 0 Å². The van der Waals surface area contributed by atoms with Gasteiger partial charge in [-0.25, -0.2) is 0 Å². The van der Waals surface area contributed by atoms with E-state index in [1.165, 1.54) is 0 Å². The van der Waals surface area contributed by atoms with E-state index in [2.05, 4.69) is 5.32 Å². The maximum absolute atomic E-state index is 11.7. The van der Waals surface area contributed by atoms with Crippen molar-refractivity contribution in [3.05, 3.63) is 29.8 Å². The van der Waals surface area contributed by atoms with Gasteiger partial charge in [-0.15, -0.1) is 0 Å². The SMILES string of the molecule is Cc1cccc(OCCC2(C(N)=O)CCCCN2)c1. The van der Waals surface area contributed by atoms with Crippen LogP contribution in [0.25, 0.3) is 0 Å². The van der Waals surface area contributed by atoms with Gasteiger partial charge in [-0.3, -0.25) is 4.79 Å². The smallest absolute Gasteiger partial charge is 0.237 e. The number of amides is 1. The third kappa shape index (κ3) is 3.47. The topological polar surface area (TPSA) is 64.3 Å². The Morgan fingerprint density at radius 1 is 1.47 bits per heavy atom. The first kappa shape index (κ1) is 13.9. The monoisotopic (exact) mass is 262 g/mol. The second-order valence-corrected chi connectivity index (χ2v) is 5.25. The molecule has 1 amide bonds. The molecule has 0 saturated carbocycles. The molecule has 1 aromatic rings. The molecule has 19 heavy (non-hydrogen) atoms. The van der Waals surface area contributed by atoms with Gasteiger partial charge < -0.3 is 15.8 Å². The van der Waals surface area contributed by atoms with E-state index in [0.717, 1.165) is 37.1 Å². The lowest BCUT2D eigenvalue weighted by atomic mass is 9.85. The van der Waals surface area contributed by atoms with Gasteiger partial charge in [0.15, 0.2) is 0 Å². The highest BCUT2D eigenvalue weighted by Crippen LogP contribution is 2.23. The van der Waals surface area contributed by atoms with E-state index in [4.69, 9.17) is 10.5 Å². The number of nitrogens with two attached hydrogens (primary N) is 1. The molecule has 1 fully saturated rings. The van der Waals surface area contributed by atoms with Crippen LogP contribution in [-0.2, 0) is 4.79 Å². The fourth-order valence-electron chi connectivity index (χ4n) is 2.56. The van der Waals surface area contributed by atoms with Gasteiger partial charge in [0.05, 0.1) is 6.61 Å². The summed E-state index contributed by atoms with van der Waals surface area (Å²) >= 11 is 0. The van der Waals surface area contributed by atoms with Gasteiger partial charge in [-0.1, -0.05) is 12.1 Å². The van der Waals surface area contributed by atoms with E-state index in [1.807, 2.05) is 31.2 Å². The molecule has 1 aliphatic heterocycles. The molecular formula is C15H22N2O2.